The van der Waals surface area contributed by atoms with Crippen LogP contribution in [0.25, 0.3) is 0 Å². The fourth-order valence-electron chi connectivity index (χ4n) is 3.84. The number of ketones is 1. The van der Waals surface area contributed by atoms with Gasteiger partial charge in [0.25, 0.3) is 17.6 Å². The van der Waals surface area contributed by atoms with Gasteiger partial charge in [0.15, 0.2) is 0 Å². The minimum absolute atomic E-state index is 0.0299. The van der Waals surface area contributed by atoms with Crippen LogP contribution in [0.5, 0.6) is 0 Å². The number of hydrogen-bond acceptors (Lipinski definition) is 5. The maximum atomic E-state index is 13.6. The van der Waals surface area contributed by atoms with E-state index in [1.807, 2.05) is 0 Å². The van der Waals surface area contributed by atoms with Gasteiger partial charge in [-0.3, -0.25) is 14.4 Å². The van der Waals surface area contributed by atoms with Gasteiger partial charge in [0, 0.05) is 18.4 Å². The van der Waals surface area contributed by atoms with Crippen LogP contribution in [0.4, 0.5) is 10.1 Å². The minimum atomic E-state index is -1.07. The number of halogens is 1. The molecule has 196 valence electrons. The van der Waals surface area contributed by atoms with E-state index in [0.29, 0.717) is 22.5 Å². The lowest BCUT2D eigenvalue weighted by molar-refractivity contribution is -0.161. The van der Waals surface area contributed by atoms with E-state index in [1.165, 1.54) is 22.8 Å². The fraction of sp³-hybridized carbons (Fsp3) is 0.481. The van der Waals surface area contributed by atoms with Crippen LogP contribution in [0.15, 0.2) is 18.2 Å². The van der Waals surface area contributed by atoms with Gasteiger partial charge < -0.3 is 19.9 Å². The summed E-state index contributed by atoms with van der Waals surface area (Å²) >= 11 is 0. The van der Waals surface area contributed by atoms with Crippen molar-refractivity contribution in [2.75, 3.05) is 5.32 Å². The number of Topliss-reactive ketones (excluding diaryl/α,β-unsaturated/α-hetero) is 1. The summed E-state index contributed by atoms with van der Waals surface area (Å²) in [6, 6.07) is 3.13. The molecule has 9 heteroatoms. The zero-order chi connectivity index (χ0) is 27.7. The number of ether oxygens (including phenoxy) is 1. The number of benzene rings is 1. The zero-order valence-electron chi connectivity index (χ0n) is 22.7. The molecule has 2 rings (SSSR count). The summed E-state index contributed by atoms with van der Waals surface area (Å²) in [5.74, 6) is -3.39. The summed E-state index contributed by atoms with van der Waals surface area (Å²) in [5, 5.41) is 5.24. The fourth-order valence-corrected chi connectivity index (χ4v) is 3.84. The van der Waals surface area contributed by atoms with Crippen LogP contribution in [0.2, 0.25) is 0 Å². The van der Waals surface area contributed by atoms with Crippen molar-refractivity contribution >= 4 is 29.3 Å². The van der Waals surface area contributed by atoms with Gasteiger partial charge in [-0.05, 0) is 76.3 Å². The van der Waals surface area contributed by atoms with Crippen molar-refractivity contribution in [1.29, 1.82) is 0 Å². The monoisotopic (exact) mass is 501 g/mol. The molecule has 0 saturated heterocycles. The molecule has 0 unspecified atom stereocenters. The summed E-state index contributed by atoms with van der Waals surface area (Å²) in [6.07, 6.45) is 0. The molecule has 2 N–H and O–H groups in total. The topological polar surface area (TPSA) is 106 Å². The Kier molecular flexibility index (Phi) is 8.18. The Balaban J connectivity index is 2.35. The summed E-state index contributed by atoms with van der Waals surface area (Å²) in [7, 11) is 1.58. The molecule has 0 spiro atoms. The van der Waals surface area contributed by atoms with E-state index >= 15 is 0 Å². The van der Waals surface area contributed by atoms with E-state index in [0.717, 1.165) is 0 Å². The second-order valence-electron chi connectivity index (χ2n) is 11.0. The van der Waals surface area contributed by atoms with Crippen LogP contribution < -0.4 is 10.6 Å². The van der Waals surface area contributed by atoms with Crippen LogP contribution in [0.1, 0.15) is 79.2 Å². The number of amides is 2. The number of aromatic nitrogens is 1. The molecule has 1 heterocycles. The largest absolute Gasteiger partial charge is 0.458 e. The number of nitrogens with one attached hydrogen (secondary N) is 2. The van der Waals surface area contributed by atoms with Gasteiger partial charge in [-0.1, -0.05) is 20.8 Å². The molecule has 0 fully saturated rings. The van der Waals surface area contributed by atoms with Crippen molar-refractivity contribution in [3.05, 3.63) is 52.1 Å². The molecular formula is C27H36FN3O5. The van der Waals surface area contributed by atoms with Crippen molar-refractivity contribution in [3.63, 3.8) is 0 Å². The first-order chi connectivity index (χ1) is 16.3. The highest BCUT2D eigenvalue weighted by Gasteiger charge is 2.38. The minimum Gasteiger partial charge on any atom is -0.458 e. The quantitative estimate of drug-likeness (QED) is 0.347. The van der Waals surface area contributed by atoms with Crippen molar-refractivity contribution in [2.24, 2.45) is 12.5 Å². The SMILES string of the molecule is Cc1cc(NC(=O)c2c(C)c(C(=O)C(=O)N[C@H](C(=O)OC(C)(C)C)C(C)(C)C)n(C)c2C)ccc1F. The third-order valence-corrected chi connectivity index (χ3v) is 5.78. The highest BCUT2D eigenvalue weighted by molar-refractivity contribution is 6.43. The summed E-state index contributed by atoms with van der Waals surface area (Å²) in [5.41, 5.74) is 0.327. The molecule has 0 radical (unpaired) electrons. The maximum Gasteiger partial charge on any atom is 0.329 e. The molecule has 1 aromatic heterocycles. The van der Waals surface area contributed by atoms with Gasteiger partial charge in [0.2, 0.25) is 0 Å². The van der Waals surface area contributed by atoms with Crippen LogP contribution in [0.3, 0.4) is 0 Å². The number of rotatable bonds is 6. The van der Waals surface area contributed by atoms with Crippen molar-refractivity contribution in [3.8, 4) is 0 Å². The highest BCUT2D eigenvalue weighted by Crippen LogP contribution is 2.26. The Morgan fingerprint density at radius 2 is 1.58 bits per heavy atom. The first kappa shape index (κ1) is 28.7. The Bertz CT molecular complexity index is 1220. The van der Waals surface area contributed by atoms with E-state index in [4.69, 9.17) is 4.74 Å². The van der Waals surface area contributed by atoms with E-state index in [-0.39, 0.29) is 17.1 Å². The lowest BCUT2D eigenvalue weighted by atomic mass is 9.86. The standard InChI is InChI=1S/C27H36FN3O5/c1-14-13-17(11-12-18(14)28)29-23(33)19-15(2)20(31(10)16(19)3)21(32)24(34)30-22(26(4,5)6)25(35)36-27(7,8)9/h11-13,22H,1-10H3,(H,29,33)(H,30,34)/t22-/m1/s1. The number of anilines is 1. The lowest BCUT2D eigenvalue weighted by Gasteiger charge is -2.32. The van der Waals surface area contributed by atoms with Crippen LogP contribution in [0, 0.1) is 32.0 Å². The van der Waals surface area contributed by atoms with Crippen LogP contribution in [-0.4, -0.2) is 39.8 Å². The second-order valence-corrected chi connectivity index (χ2v) is 11.0. The van der Waals surface area contributed by atoms with E-state index in [2.05, 4.69) is 10.6 Å². The third kappa shape index (κ3) is 6.38. The number of carbonyl (C=O) groups excluding carboxylic acids is 4. The Labute approximate surface area is 211 Å². The Hall–Kier alpha value is -3.49. The summed E-state index contributed by atoms with van der Waals surface area (Å²) in [4.78, 5) is 52.1. The molecule has 0 bridgehead atoms. The summed E-state index contributed by atoms with van der Waals surface area (Å²) < 4.78 is 20.5. The zero-order valence-corrected chi connectivity index (χ0v) is 22.7. The molecule has 8 nitrogen and oxygen atoms in total. The Morgan fingerprint density at radius 3 is 2.08 bits per heavy atom. The van der Waals surface area contributed by atoms with Gasteiger partial charge >= 0.3 is 5.97 Å². The smallest absolute Gasteiger partial charge is 0.329 e. The maximum absolute atomic E-state index is 13.6. The number of carbonyl (C=O) groups is 4. The molecular weight excluding hydrogens is 465 g/mol. The van der Waals surface area contributed by atoms with Gasteiger partial charge in [-0.25, -0.2) is 9.18 Å². The van der Waals surface area contributed by atoms with E-state index < -0.39 is 40.6 Å². The summed E-state index contributed by atoms with van der Waals surface area (Å²) in [6.45, 7) is 15.2. The Morgan fingerprint density at radius 1 is 1.00 bits per heavy atom. The molecule has 1 atom stereocenters. The molecule has 2 aromatic rings. The lowest BCUT2D eigenvalue weighted by Crippen LogP contribution is -2.53. The molecule has 0 saturated carbocycles. The van der Waals surface area contributed by atoms with Gasteiger partial charge in [0.05, 0.1) is 11.3 Å². The van der Waals surface area contributed by atoms with Crippen LogP contribution in [-0.2, 0) is 21.4 Å². The number of hydrogen-bond donors (Lipinski definition) is 2. The molecule has 0 aliphatic rings. The second kappa shape index (κ2) is 10.2. The van der Waals surface area contributed by atoms with Gasteiger partial charge in [-0.2, -0.15) is 0 Å². The highest BCUT2D eigenvalue weighted by atomic mass is 19.1. The number of aryl methyl sites for hydroxylation is 1. The van der Waals surface area contributed by atoms with Gasteiger partial charge in [-0.15, -0.1) is 0 Å². The van der Waals surface area contributed by atoms with Gasteiger partial charge in [0.1, 0.15) is 17.5 Å². The first-order valence-electron chi connectivity index (χ1n) is 11.7. The molecule has 2 amide bonds. The average molecular weight is 502 g/mol. The number of esters is 1. The predicted molar refractivity (Wildman–Crippen MR) is 136 cm³/mol. The van der Waals surface area contributed by atoms with Crippen molar-refractivity contribution in [2.45, 2.75) is 74.0 Å². The van der Waals surface area contributed by atoms with Crippen molar-refractivity contribution in [1.82, 2.24) is 9.88 Å². The third-order valence-electron chi connectivity index (χ3n) is 5.78. The molecule has 1 aromatic carbocycles. The number of nitrogens with zero attached hydrogens (tertiary/aromatic N) is 1. The first-order valence-corrected chi connectivity index (χ1v) is 11.7. The van der Waals surface area contributed by atoms with Crippen LogP contribution >= 0.6 is 0 Å². The van der Waals surface area contributed by atoms with Crippen molar-refractivity contribution < 1.29 is 28.3 Å². The van der Waals surface area contributed by atoms with E-state index in [9.17, 15) is 23.6 Å². The average Bonchev–Trinajstić information content (AvgIpc) is 2.94. The predicted octanol–water partition coefficient (Wildman–Crippen LogP) is 4.40. The molecule has 0 aliphatic heterocycles. The molecule has 0 aliphatic carbocycles. The molecule has 36 heavy (non-hydrogen) atoms. The van der Waals surface area contributed by atoms with E-state index in [1.54, 1.807) is 69.4 Å². The normalized spacial score (nSPS) is 12.6.